The van der Waals surface area contributed by atoms with Crippen molar-refractivity contribution in [1.82, 2.24) is 10.2 Å². The number of carbonyl (C=O) groups is 2. The predicted octanol–water partition coefficient (Wildman–Crippen LogP) is 8.90. The summed E-state index contributed by atoms with van der Waals surface area (Å²) in [7, 11) is -2.90. The lowest BCUT2D eigenvalue weighted by molar-refractivity contribution is -0.197. The normalized spacial score (nSPS) is 38.7. The number of carbonyl (C=O) groups excluding carboxylic acids is 2. The average Bonchev–Trinajstić information content (AvgIpc) is 3.52. The molecule has 1 aromatic carbocycles. The van der Waals surface area contributed by atoms with Crippen molar-refractivity contribution < 1.29 is 22.7 Å². The quantitative estimate of drug-likeness (QED) is 0.250. The lowest BCUT2D eigenvalue weighted by atomic mass is 9.33. The van der Waals surface area contributed by atoms with Crippen LogP contribution in [-0.4, -0.2) is 68.8 Å². The summed E-state index contributed by atoms with van der Waals surface area (Å²) in [6, 6.07) is 10.2. The summed E-state index contributed by atoms with van der Waals surface area (Å²) in [5, 5.41) is 4.04. The summed E-state index contributed by atoms with van der Waals surface area (Å²) in [5.74, 6) is 2.89. The molecule has 1 aromatic rings. The first-order valence-corrected chi connectivity index (χ1v) is 24.3. The largest absolute Gasteiger partial charge is 0.461 e. The van der Waals surface area contributed by atoms with Gasteiger partial charge in [-0.1, -0.05) is 96.5 Å². The van der Waals surface area contributed by atoms with Crippen LogP contribution in [0, 0.1) is 57.2 Å². The Morgan fingerprint density at radius 2 is 1.68 bits per heavy atom. The van der Waals surface area contributed by atoms with E-state index in [2.05, 4.69) is 70.8 Å². The standard InChI is InChI=1S/C49H70N2O5S/c1-32(2)43-40(52)29-36-39(50-23-24-51-25-27-57(54,55)28-26-51)30-49(7)38(44(36)43)17-18-42-47(5)21-19-37(46(3,4)41(47)20-22-48(42,49)6)34-13-15-35(16-14-34)45(53)56-31-33-11-9-8-10-12-33/h8-13,19,32,35-36,38-39,41-42,50H,14-18,20-31H2,1-7H3/t35-,36?,38+,39-,41?,42?,47-,48+,49+/m0/s1. The molecule has 6 aliphatic carbocycles. The van der Waals surface area contributed by atoms with Crippen molar-refractivity contribution in [2.24, 2.45) is 57.2 Å². The second-order valence-corrected chi connectivity index (χ2v) is 23.3. The van der Waals surface area contributed by atoms with Crippen LogP contribution in [0.3, 0.4) is 0 Å². The third-order valence-corrected chi connectivity index (χ3v) is 19.1. The number of allylic oxidation sites excluding steroid dienone is 5. The molecule has 4 fully saturated rings. The molecule has 0 radical (unpaired) electrons. The molecule has 3 saturated carbocycles. The molecular formula is C49H70N2O5S. The first kappa shape index (κ1) is 41.2. The molecule has 8 heteroatoms. The zero-order valence-electron chi connectivity index (χ0n) is 36.0. The molecule has 8 rings (SSSR count). The number of rotatable bonds is 9. The van der Waals surface area contributed by atoms with Gasteiger partial charge >= 0.3 is 5.97 Å². The zero-order chi connectivity index (χ0) is 40.5. The number of nitrogens with one attached hydrogen (secondary N) is 1. The molecular weight excluding hydrogens is 729 g/mol. The second-order valence-electron chi connectivity index (χ2n) is 21.0. The minimum absolute atomic E-state index is 0.0410. The fourth-order valence-corrected chi connectivity index (χ4v) is 15.8. The molecule has 57 heavy (non-hydrogen) atoms. The van der Waals surface area contributed by atoms with Gasteiger partial charge in [0.25, 0.3) is 0 Å². The topological polar surface area (TPSA) is 92.8 Å². The second kappa shape index (κ2) is 15.2. The summed E-state index contributed by atoms with van der Waals surface area (Å²) in [6.07, 6.45) is 15.2. The molecule has 7 aliphatic rings. The highest BCUT2D eigenvalue weighted by molar-refractivity contribution is 7.91. The Kier molecular flexibility index (Phi) is 11.0. The molecule has 312 valence electrons. The summed E-state index contributed by atoms with van der Waals surface area (Å²) in [6.45, 7) is 20.7. The fraction of sp³-hybridized carbons (Fsp3) is 0.714. The van der Waals surface area contributed by atoms with Gasteiger partial charge in [-0.2, -0.15) is 0 Å². The molecule has 1 saturated heterocycles. The van der Waals surface area contributed by atoms with E-state index in [0.717, 1.165) is 56.3 Å². The van der Waals surface area contributed by atoms with Crippen LogP contribution in [0.5, 0.6) is 0 Å². The maximum absolute atomic E-state index is 13.9. The number of ketones is 1. The number of Topliss-reactive ketones (excluding diaryl/α,β-unsaturated/α-hetero) is 1. The third-order valence-electron chi connectivity index (χ3n) is 17.5. The third kappa shape index (κ3) is 7.07. The summed E-state index contributed by atoms with van der Waals surface area (Å²) < 4.78 is 29.9. The predicted molar refractivity (Wildman–Crippen MR) is 228 cm³/mol. The van der Waals surface area contributed by atoms with Crippen molar-refractivity contribution in [3.8, 4) is 0 Å². The molecule has 0 spiro atoms. The molecule has 7 nitrogen and oxygen atoms in total. The number of sulfone groups is 1. The van der Waals surface area contributed by atoms with Crippen LogP contribution in [0.15, 0.2) is 64.8 Å². The lowest BCUT2D eigenvalue weighted by Gasteiger charge is -2.71. The van der Waals surface area contributed by atoms with E-state index < -0.39 is 9.84 Å². The Labute approximate surface area is 343 Å². The summed E-state index contributed by atoms with van der Waals surface area (Å²) in [4.78, 5) is 29.2. The smallest absolute Gasteiger partial charge is 0.309 e. The van der Waals surface area contributed by atoms with Gasteiger partial charge in [-0.05, 0) is 125 Å². The highest BCUT2D eigenvalue weighted by atomic mass is 32.2. The van der Waals surface area contributed by atoms with Crippen LogP contribution >= 0.6 is 0 Å². The molecule has 9 atom stereocenters. The van der Waals surface area contributed by atoms with Gasteiger partial charge in [0.15, 0.2) is 15.6 Å². The molecule has 1 aliphatic heterocycles. The van der Waals surface area contributed by atoms with Crippen molar-refractivity contribution in [3.63, 3.8) is 0 Å². The molecule has 0 aromatic heterocycles. The van der Waals surface area contributed by atoms with E-state index in [1.807, 2.05) is 30.3 Å². The van der Waals surface area contributed by atoms with Crippen LogP contribution in [0.2, 0.25) is 0 Å². The minimum Gasteiger partial charge on any atom is -0.461 e. The molecule has 1 heterocycles. The van der Waals surface area contributed by atoms with Crippen molar-refractivity contribution in [2.75, 3.05) is 37.7 Å². The number of nitrogens with zero attached hydrogens (tertiary/aromatic N) is 1. The van der Waals surface area contributed by atoms with E-state index in [-0.39, 0.29) is 62.9 Å². The molecule has 0 bridgehead atoms. The number of esters is 1. The maximum atomic E-state index is 13.9. The number of benzene rings is 1. The monoisotopic (exact) mass is 799 g/mol. The van der Waals surface area contributed by atoms with Crippen LogP contribution in [0.4, 0.5) is 0 Å². The average molecular weight is 799 g/mol. The van der Waals surface area contributed by atoms with E-state index in [1.54, 1.807) is 0 Å². The van der Waals surface area contributed by atoms with E-state index in [1.165, 1.54) is 42.4 Å². The molecule has 1 N–H and O–H groups in total. The van der Waals surface area contributed by atoms with Crippen molar-refractivity contribution >= 4 is 21.6 Å². The van der Waals surface area contributed by atoms with Gasteiger partial charge in [-0.25, -0.2) is 8.42 Å². The van der Waals surface area contributed by atoms with E-state index >= 15 is 0 Å². The summed E-state index contributed by atoms with van der Waals surface area (Å²) in [5.41, 5.74) is 7.10. The number of hydrogen-bond donors (Lipinski definition) is 1. The Morgan fingerprint density at radius 3 is 2.37 bits per heavy atom. The van der Waals surface area contributed by atoms with Crippen molar-refractivity contribution in [1.29, 1.82) is 0 Å². The molecule has 0 amide bonds. The van der Waals surface area contributed by atoms with Gasteiger partial charge in [-0.15, -0.1) is 0 Å². The maximum Gasteiger partial charge on any atom is 0.309 e. The van der Waals surface area contributed by atoms with Crippen LogP contribution in [0.1, 0.15) is 118 Å². The minimum atomic E-state index is -2.90. The summed E-state index contributed by atoms with van der Waals surface area (Å²) >= 11 is 0. The Balaban J connectivity index is 1.02. The Morgan fingerprint density at radius 1 is 0.947 bits per heavy atom. The number of hydrogen-bond acceptors (Lipinski definition) is 7. The number of ether oxygens (including phenoxy) is 1. The van der Waals surface area contributed by atoms with Gasteiger partial charge in [0.05, 0.1) is 17.4 Å². The fourth-order valence-electron chi connectivity index (χ4n) is 14.5. The van der Waals surface area contributed by atoms with Crippen molar-refractivity contribution in [3.05, 3.63) is 70.3 Å². The van der Waals surface area contributed by atoms with E-state index in [4.69, 9.17) is 4.74 Å². The number of fused-ring (bicyclic) bond motifs is 7. The first-order valence-electron chi connectivity index (χ1n) is 22.5. The van der Waals surface area contributed by atoms with Gasteiger partial charge < -0.3 is 15.0 Å². The van der Waals surface area contributed by atoms with E-state index in [9.17, 15) is 18.0 Å². The van der Waals surface area contributed by atoms with Crippen molar-refractivity contribution in [2.45, 2.75) is 125 Å². The van der Waals surface area contributed by atoms with Gasteiger partial charge in [0.2, 0.25) is 0 Å². The van der Waals surface area contributed by atoms with Crippen LogP contribution in [0.25, 0.3) is 0 Å². The Bertz CT molecular complexity index is 1930. The first-order chi connectivity index (χ1) is 27.0. The van der Waals surface area contributed by atoms with E-state index in [0.29, 0.717) is 49.7 Å². The van der Waals surface area contributed by atoms with Crippen LogP contribution in [-0.2, 0) is 30.8 Å². The van der Waals surface area contributed by atoms with Gasteiger partial charge in [-0.3, -0.25) is 9.59 Å². The van der Waals surface area contributed by atoms with Gasteiger partial charge in [0, 0.05) is 44.6 Å². The highest BCUT2D eigenvalue weighted by Crippen LogP contribution is 2.75. The van der Waals surface area contributed by atoms with Gasteiger partial charge in [0.1, 0.15) is 6.61 Å². The molecule has 3 unspecified atom stereocenters. The lowest BCUT2D eigenvalue weighted by Crippen LogP contribution is -2.65. The Hall–Kier alpha value is -2.55. The highest BCUT2D eigenvalue weighted by Gasteiger charge is 2.68. The SMILES string of the molecule is CC(C)C1=C2C(CC1=O)[C@@H](NCCN1CCS(=O)(=O)CC1)C[C@]1(C)[C@@H]2CCC2[C@@]3(C)CC=C(C4=CC[C@H](C(=O)OCc5ccccc5)CC4)C(C)(C)C3CC[C@]21C. The van der Waals surface area contributed by atoms with Crippen LogP contribution < -0.4 is 5.32 Å². The zero-order valence-corrected chi connectivity index (χ0v) is 36.8.